The Morgan fingerprint density at radius 2 is 1.81 bits per heavy atom. The summed E-state index contributed by atoms with van der Waals surface area (Å²) >= 11 is 5.77. The monoisotopic (exact) mass is 500 g/mol. The third kappa shape index (κ3) is 4.65. The number of furan rings is 1. The second kappa shape index (κ2) is 9.79. The lowest BCUT2D eigenvalue weighted by Crippen LogP contribution is -2.29. The molecule has 2 atom stereocenters. The van der Waals surface area contributed by atoms with Crippen LogP contribution < -0.4 is 15.0 Å². The molecular formula is C27H24N4O4S. The van der Waals surface area contributed by atoms with E-state index in [4.69, 9.17) is 21.4 Å². The number of thiocarbonyl (C=S) groups is 1. The molecule has 0 aliphatic carbocycles. The van der Waals surface area contributed by atoms with E-state index in [1.807, 2.05) is 73.3 Å². The lowest BCUT2D eigenvalue weighted by molar-refractivity contribution is -0.384. The zero-order valence-electron chi connectivity index (χ0n) is 19.7. The number of nitro groups is 1. The Labute approximate surface area is 213 Å². The number of nitro benzene ring substituents is 1. The van der Waals surface area contributed by atoms with Gasteiger partial charge in [-0.25, -0.2) is 0 Å². The lowest BCUT2D eigenvalue weighted by atomic mass is 10.0. The van der Waals surface area contributed by atoms with Crippen molar-refractivity contribution < 1.29 is 14.1 Å². The highest BCUT2D eigenvalue weighted by molar-refractivity contribution is 7.80. The fourth-order valence-corrected chi connectivity index (χ4v) is 4.64. The zero-order valence-corrected chi connectivity index (χ0v) is 20.5. The molecule has 0 radical (unpaired) electrons. The number of ether oxygens (including phenoxy) is 1. The van der Waals surface area contributed by atoms with Gasteiger partial charge in [0, 0.05) is 29.6 Å². The second-order valence-electron chi connectivity index (χ2n) is 8.66. The Kier molecular flexibility index (Phi) is 6.39. The number of hydrogen-bond donors (Lipinski definition) is 1. The molecule has 182 valence electrons. The van der Waals surface area contributed by atoms with Crippen LogP contribution in [0.3, 0.4) is 0 Å². The summed E-state index contributed by atoms with van der Waals surface area (Å²) < 4.78 is 12.1. The van der Waals surface area contributed by atoms with Gasteiger partial charge in [-0.3, -0.25) is 15.1 Å². The molecule has 0 unspecified atom stereocenters. The van der Waals surface area contributed by atoms with E-state index in [-0.39, 0.29) is 23.9 Å². The molecule has 8 nitrogen and oxygen atoms in total. The minimum atomic E-state index is -0.421. The molecule has 2 aromatic carbocycles. The summed E-state index contributed by atoms with van der Waals surface area (Å²) in [4.78, 5) is 17.2. The van der Waals surface area contributed by atoms with Gasteiger partial charge in [-0.05, 0) is 86.7 Å². The van der Waals surface area contributed by atoms with E-state index < -0.39 is 4.92 Å². The number of anilines is 1. The number of pyridine rings is 1. The molecule has 0 bridgehead atoms. The van der Waals surface area contributed by atoms with E-state index in [0.29, 0.717) is 16.6 Å². The van der Waals surface area contributed by atoms with Gasteiger partial charge in [0.1, 0.15) is 23.3 Å². The van der Waals surface area contributed by atoms with E-state index in [0.717, 1.165) is 22.7 Å². The standard InChI is InChI=1S/C27H24N4O4S/c1-17(2)34-21-12-10-19(11-13-21)30-26(25(29-27(30)36)22-5-3-4-16-28-22)24-15-14-23(35-24)18-6-8-20(9-7-18)31(32)33/h3-17,25-26H,1-2H3,(H,29,36)/t25-,26+/m0/s1. The van der Waals surface area contributed by atoms with Gasteiger partial charge in [0.15, 0.2) is 5.11 Å². The highest BCUT2D eigenvalue weighted by Gasteiger charge is 2.42. The largest absolute Gasteiger partial charge is 0.491 e. The third-order valence-corrected chi connectivity index (χ3v) is 6.18. The van der Waals surface area contributed by atoms with Crippen molar-refractivity contribution >= 4 is 28.7 Å². The van der Waals surface area contributed by atoms with Crippen LogP contribution in [0.2, 0.25) is 0 Å². The van der Waals surface area contributed by atoms with Crippen molar-refractivity contribution in [3.63, 3.8) is 0 Å². The predicted octanol–water partition coefficient (Wildman–Crippen LogP) is 6.21. The average Bonchev–Trinajstić information content (AvgIpc) is 3.49. The smallest absolute Gasteiger partial charge is 0.269 e. The Morgan fingerprint density at radius 1 is 1.06 bits per heavy atom. The Balaban J connectivity index is 1.52. The summed E-state index contributed by atoms with van der Waals surface area (Å²) in [6.07, 6.45) is 1.83. The maximum Gasteiger partial charge on any atom is 0.269 e. The number of aromatic nitrogens is 1. The molecule has 1 saturated heterocycles. The molecule has 4 aromatic rings. The van der Waals surface area contributed by atoms with Crippen LogP contribution in [-0.2, 0) is 0 Å². The highest BCUT2D eigenvalue weighted by atomic mass is 32.1. The fourth-order valence-electron chi connectivity index (χ4n) is 4.29. The maximum atomic E-state index is 11.0. The molecule has 3 heterocycles. The van der Waals surface area contributed by atoms with Crippen LogP contribution in [0.15, 0.2) is 89.5 Å². The van der Waals surface area contributed by atoms with Crippen LogP contribution in [0.4, 0.5) is 11.4 Å². The molecule has 0 spiro atoms. The van der Waals surface area contributed by atoms with Crippen molar-refractivity contribution in [2.24, 2.45) is 0 Å². The second-order valence-corrected chi connectivity index (χ2v) is 9.05. The molecule has 36 heavy (non-hydrogen) atoms. The molecular weight excluding hydrogens is 476 g/mol. The molecule has 1 N–H and O–H groups in total. The molecule has 1 aliphatic heterocycles. The van der Waals surface area contributed by atoms with Crippen LogP contribution in [0.25, 0.3) is 11.3 Å². The van der Waals surface area contributed by atoms with Crippen LogP contribution in [0, 0.1) is 10.1 Å². The van der Waals surface area contributed by atoms with Gasteiger partial charge in [0.2, 0.25) is 0 Å². The minimum Gasteiger partial charge on any atom is -0.491 e. The first-order valence-corrected chi connectivity index (χ1v) is 11.9. The normalized spacial score (nSPS) is 17.3. The lowest BCUT2D eigenvalue weighted by Gasteiger charge is -2.26. The van der Waals surface area contributed by atoms with Gasteiger partial charge >= 0.3 is 0 Å². The predicted molar refractivity (Wildman–Crippen MR) is 141 cm³/mol. The van der Waals surface area contributed by atoms with Crippen molar-refractivity contribution in [1.82, 2.24) is 10.3 Å². The van der Waals surface area contributed by atoms with Crippen molar-refractivity contribution in [3.8, 4) is 17.1 Å². The van der Waals surface area contributed by atoms with Gasteiger partial charge < -0.3 is 19.4 Å². The summed E-state index contributed by atoms with van der Waals surface area (Å²) in [5, 5.41) is 15.0. The topological polar surface area (TPSA) is 93.7 Å². The maximum absolute atomic E-state index is 11.0. The number of nitrogens with one attached hydrogen (secondary N) is 1. The first-order chi connectivity index (χ1) is 17.4. The molecule has 1 fully saturated rings. The van der Waals surface area contributed by atoms with Crippen molar-refractivity contribution in [3.05, 3.63) is 107 Å². The van der Waals surface area contributed by atoms with E-state index in [9.17, 15) is 10.1 Å². The van der Waals surface area contributed by atoms with Gasteiger partial charge in [-0.1, -0.05) is 6.07 Å². The van der Waals surface area contributed by atoms with E-state index in [2.05, 4.69) is 10.3 Å². The van der Waals surface area contributed by atoms with Crippen LogP contribution in [0.1, 0.15) is 37.4 Å². The first kappa shape index (κ1) is 23.5. The summed E-state index contributed by atoms with van der Waals surface area (Å²) in [5.41, 5.74) is 2.50. The minimum absolute atomic E-state index is 0.0298. The molecule has 0 saturated carbocycles. The Morgan fingerprint density at radius 3 is 2.44 bits per heavy atom. The third-order valence-electron chi connectivity index (χ3n) is 5.87. The quantitative estimate of drug-likeness (QED) is 0.182. The average molecular weight is 501 g/mol. The fraction of sp³-hybridized carbons (Fsp3) is 0.185. The van der Waals surface area contributed by atoms with E-state index in [1.54, 1.807) is 18.3 Å². The molecule has 5 rings (SSSR count). The Hall–Kier alpha value is -4.24. The van der Waals surface area contributed by atoms with Crippen molar-refractivity contribution in [2.75, 3.05) is 4.90 Å². The van der Waals surface area contributed by atoms with Crippen LogP contribution >= 0.6 is 12.2 Å². The van der Waals surface area contributed by atoms with E-state index in [1.165, 1.54) is 12.1 Å². The summed E-state index contributed by atoms with van der Waals surface area (Å²) in [6, 6.07) is 23.1. The molecule has 2 aromatic heterocycles. The number of hydrogen-bond acceptors (Lipinski definition) is 6. The SMILES string of the molecule is CC(C)Oc1ccc(N2C(=S)N[C@@H](c3ccccn3)[C@H]2c2ccc(-c3ccc([N+](=O)[O-])cc3)o2)cc1. The van der Waals surface area contributed by atoms with Gasteiger partial charge in [0.25, 0.3) is 5.69 Å². The van der Waals surface area contributed by atoms with Gasteiger partial charge in [0.05, 0.1) is 22.8 Å². The molecule has 9 heteroatoms. The summed E-state index contributed by atoms with van der Waals surface area (Å²) in [5.74, 6) is 2.08. The summed E-state index contributed by atoms with van der Waals surface area (Å²) in [6.45, 7) is 3.97. The first-order valence-electron chi connectivity index (χ1n) is 11.5. The van der Waals surface area contributed by atoms with Crippen LogP contribution in [0.5, 0.6) is 5.75 Å². The van der Waals surface area contributed by atoms with Crippen LogP contribution in [-0.4, -0.2) is 21.1 Å². The van der Waals surface area contributed by atoms with Crippen molar-refractivity contribution in [2.45, 2.75) is 32.0 Å². The number of benzene rings is 2. The van der Waals surface area contributed by atoms with Crippen molar-refractivity contribution in [1.29, 1.82) is 0 Å². The highest BCUT2D eigenvalue weighted by Crippen LogP contribution is 2.43. The number of rotatable bonds is 7. The zero-order chi connectivity index (χ0) is 25.2. The van der Waals surface area contributed by atoms with E-state index >= 15 is 0 Å². The number of nitrogens with zero attached hydrogens (tertiary/aromatic N) is 3. The van der Waals surface area contributed by atoms with Gasteiger partial charge in [-0.15, -0.1) is 0 Å². The molecule has 1 aliphatic rings. The van der Waals surface area contributed by atoms with Gasteiger partial charge in [-0.2, -0.15) is 0 Å². The molecule has 0 amide bonds. The Bertz CT molecular complexity index is 1370. The summed E-state index contributed by atoms with van der Waals surface area (Å²) in [7, 11) is 0. The number of non-ortho nitro benzene ring substituents is 1.